The smallest absolute Gasteiger partial charge is 0.249 e. The SMILES string of the molecule is [N-]=[N+]=NC(=O)c1cc(N=O)c2c(=O)cc(-c3ccccc3)oc2c1. The number of hydrogen-bond acceptors (Lipinski definition) is 5. The summed E-state index contributed by atoms with van der Waals surface area (Å²) in [4.78, 5) is 37.5. The Kier molecular flexibility index (Phi) is 3.88. The fourth-order valence-corrected chi connectivity index (χ4v) is 2.31. The van der Waals surface area contributed by atoms with Crippen LogP contribution in [0.1, 0.15) is 10.4 Å². The van der Waals surface area contributed by atoms with Gasteiger partial charge in [-0.05, 0) is 28.0 Å². The predicted molar refractivity (Wildman–Crippen MR) is 86.9 cm³/mol. The molecule has 0 aliphatic rings. The number of carbonyl (C=O) groups excluding carboxylic acids is 1. The Morgan fingerprint density at radius 3 is 2.54 bits per heavy atom. The molecule has 3 aromatic rings. The number of azide groups is 1. The van der Waals surface area contributed by atoms with Crippen LogP contribution in [0.4, 0.5) is 5.69 Å². The molecule has 24 heavy (non-hydrogen) atoms. The van der Waals surface area contributed by atoms with Crippen molar-refractivity contribution in [3.8, 4) is 11.3 Å². The molecule has 0 N–H and O–H groups in total. The van der Waals surface area contributed by atoms with E-state index in [9.17, 15) is 14.5 Å². The van der Waals surface area contributed by atoms with Crippen LogP contribution >= 0.6 is 0 Å². The van der Waals surface area contributed by atoms with E-state index in [0.29, 0.717) is 5.56 Å². The van der Waals surface area contributed by atoms with Gasteiger partial charge in [-0.2, -0.15) is 0 Å². The zero-order valence-corrected chi connectivity index (χ0v) is 12.0. The van der Waals surface area contributed by atoms with Gasteiger partial charge >= 0.3 is 0 Å². The molecule has 116 valence electrons. The number of carbonyl (C=O) groups is 1. The van der Waals surface area contributed by atoms with E-state index in [1.165, 1.54) is 12.1 Å². The Labute approximate surface area is 133 Å². The van der Waals surface area contributed by atoms with Crippen LogP contribution in [0.3, 0.4) is 0 Å². The van der Waals surface area contributed by atoms with Crippen LogP contribution in [-0.2, 0) is 0 Å². The van der Waals surface area contributed by atoms with Gasteiger partial charge in [0, 0.05) is 22.1 Å². The number of nitrogens with zero attached hydrogens (tertiary/aromatic N) is 4. The maximum absolute atomic E-state index is 12.3. The zero-order chi connectivity index (χ0) is 17.1. The molecular formula is C16H8N4O4. The lowest BCUT2D eigenvalue weighted by Crippen LogP contribution is -2.03. The first kappa shape index (κ1) is 15.1. The van der Waals surface area contributed by atoms with Crippen LogP contribution in [0, 0.1) is 4.91 Å². The van der Waals surface area contributed by atoms with Gasteiger partial charge in [0.15, 0.2) is 5.43 Å². The fraction of sp³-hybridized carbons (Fsp3) is 0. The maximum Gasteiger partial charge on any atom is 0.249 e. The van der Waals surface area contributed by atoms with Crippen molar-refractivity contribution in [3.05, 3.63) is 79.7 Å². The van der Waals surface area contributed by atoms with Gasteiger partial charge in [0.05, 0.1) is 5.39 Å². The number of hydrogen-bond donors (Lipinski definition) is 0. The number of amides is 1. The van der Waals surface area contributed by atoms with Crippen molar-refractivity contribution >= 4 is 22.6 Å². The minimum absolute atomic E-state index is 0.00921. The normalized spacial score (nSPS) is 10.2. The molecule has 3 rings (SSSR count). The minimum Gasteiger partial charge on any atom is -0.456 e. The van der Waals surface area contributed by atoms with E-state index in [1.54, 1.807) is 24.3 Å². The largest absolute Gasteiger partial charge is 0.456 e. The summed E-state index contributed by atoms with van der Waals surface area (Å²) in [7, 11) is 0. The Hall–Kier alpha value is -3.77. The summed E-state index contributed by atoms with van der Waals surface area (Å²) in [5.74, 6) is -0.629. The first-order valence-electron chi connectivity index (χ1n) is 6.74. The molecule has 1 aromatic heterocycles. The van der Waals surface area contributed by atoms with Crippen molar-refractivity contribution in [2.75, 3.05) is 0 Å². The van der Waals surface area contributed by atoms with Gasteiger partial charge in [0.1, 0.15) is 17.0 Å². The van der Waals surface area contributed by atoms with Gasteiger partial charge in [-0.3, -0.25) is 9.59 Å². The van der Waals surface area contributed by atoms with Crippen LogP contribution < -0.4 is 5.43 Å². The molecule has 0 radical (unpaired) electrons. The van der Waals surface area contributed by atoms with Crippen LogP contribution in [0.5, 0.6) is 0 Å². The molecule has 0 bridgehead atoms. The standard InChI is InChI=1S/C16H8N4O4/c17-20-18-16(22)10-6-11(19-23)15-12(21)8-13(24-14(15)7-10)9-4-2-1-3-5-9/h1-8H. The Morgan fingerprint density at radius 1 is 1.12 bits per heavy atom. The van der Waals surface area contributed by atoms with Crippen LogP contribution in [0.2, 0.25) is 0 Å². The number of fused-ring (bicyclic) bond motifs is 1. The molecule has 1 heterocycles. The van der Waals surface area contributed by atoms with Crippen molar-refractivity contribution < 1.29 is 9.21 Å². The number of benzene rings is 2. The third-order valence-corrected chi connectivity index (χ3v) is 3.35. The summed E-state index contributed by atoms with van der Waals surface area (Å²) in [5.41, 5.74) is 8.21. The second kappa shape index (κ2) is 6.15. The van der Waals surface area contributed by atoms with E-state index >= 15 is 0 Å². The third-order valence-electron chi connectivity index (χ3n) is 3.35. The van der Waals surface area contributed by atoms with E-state index < -0.39 is 11.3 Å². The van der Waals surface area contributed by atoms with Gasteiger partial charge < -0.3 is 4.42 Å². The number of rotatable bonds is 3. The molecule has 1 amide bonds. The summed E-state index contributed by atoms with van der Waals surface area (Å²) in [6, 6.07) is 12.4. The van der Waals surface area contributed by atoms with Crippen LogP contribution in [0.25, 0.3) is 32.7 Å². The molecule has 8 heteroatoms. The number of nitroso groups, excluding NO2 is 1. The molecule has 0 unspecified atom stereocenters. The molecule has 0 saturated heterocycles. The van der Waals surface area contributed by atoms with Gasteiger partial charge in [0.25, 0.3) is 0 Å². The summed E-state index contributed by atoms with van der Waals surface area (Å²) in [6.45, 7) is 0. The first-order chi connectivity index (χ1) is 11.6. The highest BCUT2D eigenvalue weighted by molar-refractivity contribution is 6.01. The lowest BCUT2D eigenvalue weighted by Gasteiger charge is -2.05. The van der Waals surface area contributed by atoms with E-state index in [-0.39, 0.29) is 28.0 Å². The highest BCUT2D eigenvalue weighted by atomic mass is 16.3. The Bertz CT molecular complexity index is 1070. The van der Waals surface area contributed by atoms with Crippen LogP contribution in [-0.4, -0.2) is 5.91 Å². The van der Waals surface area contributed by atoms with Crippen molar-refractivity contribution in [2.24, 2.45) is 10.3 Å². The monoisotopic (exact) mass is 320 g/mol. The quantitative estimate of drug-likeness (QED) is 0.308. The summed E-state index contributed by atoms with van der Waals surface area (Å²) < 4.78 is 5.65. The summed E-state index contributed by atoms with van der Waals surface area (Å²) >= 11 is 0. The maximum atomic E-state index is 12.3. The molecule has 0 aliphatic carbocycles. The van der Waals surface area contributed by atoms with Gasteiger partial charge in [-0.1, -0.05) is 30.3 Å². The zero-order valence-electron chi connectivity index (χ0n) is 12.0. The molecule has 0 fully saturated rings. The van der Waals surface area contributed by atoms with Crippen molar-refractivity contribution in [2.45, 2.75) is 0 Å². The average molecular weight is 320 g/mol. The van der Waals surface area contributed by atoms with E-state index in [1.807, 2.05) is 6.07 Å². The second-order valence-corrected chi connectivity index (χ2v) is 4.80. The van der Waals surface area contributed by atoms with Crippen molar-refractivity contribution in [1.82, 2.24) is 0 Å². The molecule has 2 aromatic carbocycles. The van der Waals surface area contributed by atoms with E-state index in [0.717, 1.165) is 6.07 Å². The Balaban J connectivity index is 2.32. The topological polar surface area (TPSA) is 125 Å². The van der Waals surface area contributed by atoms with Crippen LogP contribution in [0.15, 0.2) is 68.0 Å². The van der Waals surface area contributed by atoms with Gasteiger partial charge in [-0.15, -0.1) is 4.91 Å². The molecule has 0 spiro atoms. The molecule has 0 saturated carbocycles. The van der Waals surface area contributed by atoms with Gasteiger partial charge in [0.2, 0.25) is 5.91 Å². The lowest BCUT2D eigenvalue weighted by molar-refractivity contribution is 0.100. The van der Waals surface area contributed by atoms with E-state index in [4.69, 9.17) is 9.95 Å². The Morgan fingerprint density at radius 2 is 1.88 bits per heavy atom. The minimum atomic E-state index is -0.905. The summed E-state index contributed by atoms with van der Waals surface area (Å²) in [5, 5.41) is 5.69. The lowest BCUT2D eigenvalue weighted by atomic mass is 10.1. The molecule has 0 aliphatic heterocycles. The highest BCUT2D eigenvalue weighted by Crippen LogP contribution is 2.29. The molecule has 0 atom stereocenters. The van der Waals surface area contributed by atoms with E-state index in [2.05, 4.69) is 15.2 Å². The van der Waals surface area contributed by atoms with Gasteiger partial charge in [-0.25, -0.2) is 0 Å². The molecule has 8 nitrogen and oxygen atoms in total. The highest BCUT2D eigenvalue weighted by Gasteiger charge is 2.15. The average Bonchev–Trinajstić information content (AvgIpc) is 2.61. The first-order valence-corrected chi connectivity index (χ1v) is 6.74. The fourth-order valence-electron chi connectivity index (χ4n) is 2.31. The second-order valence-electron chi connectivity index (χ2n) is 4.80. The van der Waals surface area contributed by atoms with Crippen molar-refractivity contribution in [1.29, 1.82) is 0 Å². The third kappa shape index (κ3) is 2.65. The molecular weight excluding hydrogens is 312 g/mol. The van der Waals surface area contributed by atoms with Crippen molar-refractivity contribution in [3.63, 3.8) is 0 Å². The summed E-state index contributed by atoms with van der Waals surface area (Å²) in [6.07, 6.45) is 0. The predicted octanol–water partition coefficient (Wildman–Crippen LogP) is 4.31.